The largest absolute Gasteiger partial charge is 0.308 e. The van der Waals surface area contributed by atoms with Crippen molar-refractivity contribution in [3.05, 3.63) is 76.1 Å². The number of hydrogen-bond acceptors (Lipinski definition) is 4. The van der Waals surface area contributed by atoms with Gasteiger partial charge in [0.15, 0.2) is 0 Å². The average molecular weight is 515 g/mol. The molecular formula is C26H39N3SY. The van der Waals surface area contributed by atoms with E-state index < -0.39 is 0 Å². The summed E-state index contributed by atoms with van der Waals surface area (Å²) in [5.74, 6) is 0.503. The fourth-order valence-electron chi connectivity index (χ4n) is 2.39. The van der Waals surface area contributed by atoms with Gasteiger partial charge in [-0.2, -0.15) is 5.26 Å². The van der Waals surface area contributed by atoms with Crippen molar-refractivity contribution < 1.29 is 32.7 Å². The van der Waals surface area contributed by atoms with Crippen LogP contribution in [0.25, 0.3) is 11.3 Å². The average Bonchev–Trinajstić information content (AvgIpc) is 3.17. The van der Waals surface area contributed by atoms with Crippen molar-refractivity contribution >= 4 is 11.3 Å². The van der Waals surface area contributed by atoms with Crippen molar-refractivity contribution in [1.82, 2.24) is 10.3 Å². The number of hydrogen-bond donors (Lipinski definition) is 1. The summed E-state index contributed by atoms with van der Waals surface area (Å²) in [6.07, 6.45) is 0. The van der Waals surface area contributed by atoms with Gasteiger partial charge in [-0.3, -0.25) is 0 Å². The predicted octanol–water partition coefficient (Wildman–Crippen LogP) is 7.90. The molecule has 0 fully saturated rings. The third kappa shape index (κ3) is 12.3. The molecule has 1 radical (unpaired) electrons. The monoisotopic (exact) mass is 514 g/mol. The van der Waals surface area contributed by atoms with Crippen molar-refractivity contribution in [2.75, 3.05) is 0 Å². The first-order valence-corrected chi connectivity index (χ1v) is 10.1. The van der Waals surface area contributed by atoms with Crippen LogP contribution < -0.4 is 5.32 Å². The van der Waals surface area contributed by atoms with Gasteiger partial charge < -0.3 is 5.32 Å². The molecule has 0 saturated carbocycles. The first kappa shape index (κ1) is 34.2. The van der Waals surface area contributed by atoms with E-state index in [0.29, 0.717) is 12.0 Å². The molecule has 0 spiro atoms. The molecule has 1 heterocycles. The van der Waals surface area contributed by atoms with Crippen LogP contribution in [-0.4, -0.2) is 11.0 Å². The van der Waals surface area contributed by atoms with Gasteiger partial charge in [0.25, 0.3) is 0 Å². The van der Waals surface area contributed by atoms with E-state index in [2.05, 4.69) is 61.6 Å². The number of aromatic nitrogens is 1. The number of benzene rings is 2. The Bertz CT molecular complexity index is 868. The molecule has 5 heteroatoms. The maximum atomic E-state index is 8.59. The van der Waals surface area contributed by atoms with Gasteiger partial charge >= 0.3 is 0 Å². The first-order chi connectivity index (χ1) is 13.0. The van der Waals surface area contributed by atoms with Gasteiger partial charge in [0, 0.05) is 56.2 Å². The fourth-order valence-corrected chi connectivity index (χ4v) is 3.15. The maximum absolute atomic E-state index is 8.59. The van der Waals surface area contributed by atoms with Gasteiger partial charge in [-0.05, 0) is 23.6 Å². The van der Waals surface area contributed by atoms with Crippen molar-refractivity contribution in [2.24, 2.45) is 0 Å². The summed E-state index contributed by atoms with van der Waals surface area (Å²) in [4.78, 5) is 4.61. The van der Waals surface area contributed by atoms with Gasteiger partial charge in [0.1, 0.15) is 5.01 Å². The quantitative estimate of drug-likeness (QED) is 0.377. The molecule has 1 N–H and O–H groups in total. The number of rotatable bonds is 5. The van der Waals surface area contributed by atoms with E-state index in [0.717, 1.165) is 22.8 Å². The standard InChI is InChI=1S/C13H16N2S.C10H11N.3CH4.Y/c1-10(2)14-8-13-15-12(9-16-13)11-6-4-3-5-7-11;1-8(2)10-5-3-4-9(6-10)7-11;;;;/h3-7,9-10,14H,8H2,1-2H3;3-6,8H,1-2H3;3*1H4;. The first-order valence-electron chi connectivity index (χ1n) is 9.23. The molecule has 0 atom stereocenters. The number of nitrogens with one attached hydrogen (secondary N) is 1. The Labute approximate surface area is 220 Å². The van der Waals surface area contributed by atoms with E-state index in [9.17, 15) is 0 Å². The molecule has 1 aromatic heterocycles. The molecule has 0 amide bonds. The summed E-state index contributed by atoms with van der Waals surface area (Å²) in [5, 5.41) is 15.2. The minimum atomic E-state index is 0. The van der Waals surface area contributed by atoms with Crippen LogP contribution in [0.4, 0.5) is 0 Å². The molecule has 3 nitrogen and oxygen atoms in total. The van der Waals surface area contributed by atoms with Crippen LogP contribution in [0.15, 0.2) is 60.0 Å². The van der Waals surface area contributed by atoms with Crippen LogP contribution >= 0.6 is 11.3 Å². The molecule has 2 aromatic carbocycles. The van der Waals surface area contributed by atoms with Crippen LogP contribution in [0.5, 0.6) is 0 Å². The van der Waals surface area contributed by atoms with Gasteiger partial charge in [-0.1, -0.05) is 92.4 Å². The Kier molecular flexibility index (Phi) is 20.1. The van der Waals surface area contributed by atoms with E-state index in [1.807, 2.05) is 42.5 Å². The SMILES string of the molecule is C.C.C.CC(C)NCc1nc(-c2ccccc2)cs1.CC(C)c1cccc(C#N)c1.[Y]. The maximum Gasteiger partial charge on any atom is 0.107 e. The molecule has 0 aliphatic carbocycles. The zero-order valence-electron chi connectivity index (χ0n) is 17.0. The summed E-state index contributed by atoms with van der Waals surface area (Å²) < 4.78 is 0. The Morgan fingerprint density at radius 2 is 1.61 bits per heavy atom. The normalized spacial score (nSPS) is 9.06. The molecule has 3 aromatic rings. The Morgan fingerprint density at radius 1 is 0.968 bits per heavy atom. The van der Waals surface area contributed by atoms with E-state index in [4.69, 9.17) is 5.26 Å². The number of nitrogens with zero attached hydrogens (tertiary/aromatic N) is 2. The summed E-state index contributed by atoms with van der Waals surface area (Å²) in [7, 11) is 0. The molecular weight excluding hydrogens is 475 g/mol. The van der Waals surface area contributed by atoms with Crippen LogP contribution in [0, 0.1) is 11.3 Å². The Balaban J connectivity index is -0.000000471. The van der Waals surface area contributed by atoms with Crippen molar-refractivity contribution in [3.63, 3.8) is 0 Å². The predicted molar refractivity (Wildman–Crippen MR) is 135 cm³/mol. The van der Waals surface area contributed by atoms with Crippen LogP contribution in [0.1, 0.15) is 72.0 Å². The van der Waals surface area contributed by atoms with Gasteiger partial charge in [0.2, 0.25) is 0 Å². The van der Waals surface area contributed by atoms with E-state index >= 15 is 0 Å². The summed E-state index contributed by atoms with van der Waals surface area (Å²) >= 11 is 1.71. The Hall–Kier alpha value is -1.38. The summed E-state index contributed by atoms with van der Waals surface area (Å²) in [6.45, 7) is 9.39. The van der Waals surface area contributed by atoms with Gasteiger partial charge in [-0.25, -0.2) is 4.98 Å². The molecule has 0 bridgehead atoms. The van der Waals surface area contributed by atoms with Crippen molar-refractivity contribution in [1.29, 1.82) is 5.26 Å². The second kappa shape index (κ2) is 18.2. The minimum absolute atomic E-state index is 0. The minimum Gasteiger partial charge on any atom is -0.308 e. The number of nitriles is 1. The Morgan fingerprint density at radius 3 is 2.16 bits per heavy atom. The van der Waals surface area contributed by atoms with Crippen molar-refractivity contribution in [2.45, 2.75) is 68.5 Å². The fraction of sp³-hybridized carbons (Fsp3) is 0.385. The second-order valence-electron chi connectivity index (χ2n) is 6.92. The molecule has 31 heavy (non-hydrogen) atoms. The third-order valence-corrected chi connectivity index (χ3v) is 4.81. The topological polar surface area (TPSA) is 48.7 Å². The van der Waals surface area contributed by atoms with Crippen molar-refractivity contribution in [3.8, 4) is 17.3 Å². The zero-order valence-corrected chi connectivity index (χ0v) is 20.7. The molecule has 0 aliphatic heterocycles. The molecule has 0 saturated heterocycles. The van der Waals surface area contributed by atoms with Crippen LogP contribution in [0.3, 0.4) is 0 Å². The van der Waals surface area contributed by atoms with E-state index in [1.54, 1.807) is 11.3 Å². The summed E-state index contributed by atoms with van der Waals surface area (Å²) in [5.41, 5.74) is 4.24. The van der Waals surface area contributed by atoms with E-state index in [-0.39, 0.29) is 55.0 Å². The van der Waals surface area contributed by atoms with Crippen LogP contribution in [0.2, 0.25) is 0 Å². The number of thiazole rings is 1. The molecule has 3 rings (SSSR count). The second-order valence-corrected chi connectivity index (χ2v) is 7.86. The zero-order chi connectivity index (χ0) is 19.6. The molecule has 167 valence electrons. The summed E-state index contributed by atoms with van der Waals surface area (Å²) in [6, 6.07) is 20.7. The smallest absolute Gasteiger partial charge is 0.107 e. The van der Waals surface area contributed by atoms with Gasteiger partial charge in [0.05, 0.1) is 17.3 Å². The molecule has 0 unspecified atom stereocenters. The third-order valence-electron chi connectivity index (χ3n) is 3.97. The van der Waals surface area contributed by atoms with E-state index in [1.165, 1.54) is 11.1 Å². The van der Waals surface area contributed by atoms with Gasteiger partial charge in [-0.15, -0.1) is 11.3 Å². The van der Waals surface area contributed by atoms with Crippen LogP contribution in [-0.2, 0) is 39.3 Å². The molecule has 0 aliphatic rings.